The van der Waals surface area contributed by atoms with Gasteiger partial charge in [0.2, 0.25) is 0 Å². The van der Waals surface area contributed by atoms with Gasteiger partial charge in [-0.1, -0.05) is 25.3 Å². The maximum absolute atomic E-state index is 12.7. The predicted molar refractivity (Wildman–Crippen MR) is 103 cm³/mol. The first-order valence-electron chi connectivity index (χ1n) is 9.86. The molecular weight excluding hydrogens is 376 g/mol. The summed E-state index contributed by atoms with van der Waals surface area (Å²) in [7, 11) is 0. The molecule has 1 heterocycles. The van der Waals surface area contributed by atoms with Crippen LogP contribution in [0.1, 0.15) is 49.3 Å². The van der Waals surface area contributed by atoms with Crippen LogP contribution in [0.2, 0.25) is 0 Å². The van der Waals surface area contributed by atoms with E-state index in [0.29, 0.717) is 11.1 Å². The molecule has 2 aromatic rings. The second kappa shape index (κ2) is 7.73. The molecular formula is C22H24O7. The molecule has 154 valence electrons. The van der Waals surface area contributed by atoms with E-state index >= 15 is 0 Å². The Morgan fingerprint density at radius 3 is 2.41 bits per heavy atom. The van der Waals surface area contributed by atoms with E-state index in [9.17, 15) is 25.2 Å². The summed E-state index contributed by atoms with van der Waals surface area (Å²) in [5, 5.41) is 39.5. The Labute approximate surface area is 168 Å². The van der Waals surface area contributed by atoms with Gasteiger partial charge in [0.1, 0.15) is 23.4 Å². The number of phenolic OH excluding ortho intramolecular Hbond substituents is 4. The number of hydrogen-bond acceptors (Lipinski definition) is 7. The Hall–Kier alpha value is -3.09. The van der Waals surface area contributed by atoms with Gasteiger partial charge in [0.05, 0.1) is 5.92 Å². The summed E-state index contributed by atoms with van der Waals surface area (Å²) in [5.74, 6) is -1.01. The molecule has 0 aromatic heterocycles. The molecule has 1 saturated carbocycles. The average Bonchev–Trinajstić information content (AvgIpc) is 2.70. The molecule has 0 bridgehead atoms. The third-order valence-corrected chi connectivity index (χ3v) is 5.70. The minimum Gasteiger partial charge on any atom is -0.508 e. The second-order valence-corrected chi connectivity index (χ2v) is 7.74. The van der Waals surface area contributed by atoms with E-state index < -0.39 is 12.2 Å². The Balaban J connectivity index is 1.66. The Kier molecular flexibility index (Phi) is 5.13. The number of fused-ring (bicyclic) bond motifs is 1. The van der Waals surface area contributed by atoms with Crippen LogP contribution in [-0.4, -0.2) is 32.5 Å². The summed E-state index contributed by atoms with van der Waals surface area (Å²) in [6.07, 6.45) is 3.43. The summed E-state index contributed by atoms with van der Waals surface area (Å²) >= 11 is 0. The highest BCUT2D eigenvalue weighted by Crippen LogP contribution is 2.44. The van der Waals surface area contributed by atoms with Crippen molar-refractivity contribution in [1.82, 2.24) is 0 Å². The van der Waals surface area contributed by atoms with Crippen LogP contribution in [0.4, 0.5) is 0 Å². The van der Waals surface area contributed by atoms with Gasteiger partial charge in [0, 0.05) is 29.7 Å². The molecule has 2 atom stereocenters. The van der Waals surface area contributed by atoms with E-state index in [1.165, 1.54) is 24.3 Å². The van der Waals surface area contributed by atoms with Crippen molar-refractivity contribution in [2.75, 3.05) is 0 Å². The molecule has 1 aliphatic heterocycles. The number of benzene rings is 2. The van der Waals surface area contributed by atoms with Gasteiger partial charge in [0.15, 0.2) is 17.6 Å². The number of carbonyl (C=O) groups is 1. The lowest BCUT2D eigenvalue weighted by Crippen LogP contribution is -2.36. The van der Waals surface area contributed by atoms with Crippen molar-refractivity contribution >= 4 is 5.97 Å². The third-order valence-electron chi connectivity index (χ3n) is 5.70. The van der Waals surface area contributed by atoms with Crippen LogP contribution in [0.3, 0.4) is 0 Å². The molecule has 4 N–H and O–H groups in total. The van der Waals surface area contributed by atoms with Crippen molar-refractivity contribution in [3.63, 3.8) is 0 Å². The molecule has 0 radical (unpaired) electrons. The fourth-order valence-corrected chi connectivity index (χ4v) is 4.14. The van der Waals surface area contributed by atoms with E-state index in [1.807, 2.05) is 0 Å². The summed E-state index contributed by atoms with van der Waals surface area (Å²) in [4.78, 5) is 12.7. The minimum atomic E-state index is -0.761. The first kappa shape index (κ1) is 19.2. The van der Waals surface area contributed by atoms with Gasteiger partial charge in [-0.25, -0.2) is 0 Å². The number of ether oxygens (including phenoxy) is 2. The SMILES string of the molecule is O=C(O[C@@H]1Cc2c(O)cc(O)cc2O[C@@H]1c1ccc(O)c(O)c1)C1CCCCC1. The largest absolute Gasteiger partial charge is 0.508 e. The number of aromatic hydroxyl groups is 4. The van der Waals surface area contributed by atoms with Crippen LogP contribution in [0.25, 0.3) is 0 Å². The molecule has 29 heavy (non-hydrogen) atoms. The molecule has 0 amide bonds. The average molecular weight is 400 g/mol. The highest BCUT2D eigenvalue weighted by Gasteiger charge is 2.37. The lowest BCUT2D eigenvalue weighted by Gasteiger charge is -2.35. The van der Waals surface area contributed by atoms with Crippen LogP contribution < -0.4 is 4.74 Å². The van der Waals surface area contributed by atoms with E-state index in [4.69, 9.17) is 9.47 Å². The Morgan fingerprint density at radius 2 is 1.69 bits per heavy atom. The van der Waals surface area contributed by atoms with E-state index in [1.54, 1.807) is 6.07 Å². The smallest absolute Gasteiger partial charge is 0.309 e. The van der Waals surface area contributed by atoms with Crippen molar-refractivity contribution < 1.29 is 34.7 Å². The van der Waals surface area contributed by atoms with Crippen molar-refractivity contribution in [3.05, 3.63) is 41.5 Å². The van der Waals surface area contributed by atoms with Gasteiger partial charge in [-0.3, -0.25) is 4.79 Å². The first-order valence-corrected chi connectivity index (χ1v) is 9.86. The van der Waals surface area contributed by atoms with Crippen LogP contribution in [0, 0.1) is 5.92 Å². The van der Waals surface area contributed by atoms with Gasteiger partial charge in [-0.05, 0) is 25.0 Å². The number of phenols is 4. The van der Waals surface area contributed by atoms with E-state index in [0.717, 1.165) is 32.1 Å². The van der Waals surface area contributed by atoms with Crippen molar-refractivity contribution in [2.45, 2.75) is 50.7 Å². The summed E-state index contributed by atoms with van der Waals surface area (Å²) in [6.45, 7) is 0. The normalized spacial score (nSPS) is 21.8. The summed E-state index contributed by atoms with van der Waals surface area (Å²) in [5.41, 5.74) is 0.957. The molecule has 2 aliphatic rings. The number of hydrogen-bond donors (Lipinski definition) is 4. The van der Waals surface area contributed by atoms with Gasteiger partial charge in [0.25, 0.3) is 0 Å². The quantitative estimate of drug-likeness (QED) is 0.459. The molecule has 2 aromatic carbocycles. The topological polar surface area (TPSA) is 116 Å². The van der Waals surface area contributed by atoms with Crippen LogP contribution in [0.5, 0.6) is 28.7 Å². The molecule has 4 rings (SSSR count). The van der Waals surface area contributed by atoms with Crippen molar-refractivity contribution in [3.8, 4) is 28.7 Å². The fourth-order valence-electron chi connectivity index (χ4n) is 4.14. The number of rotatable bonds is 3. The van der Waals surface area contributed by atoms with Gasteiger partial charge < -0.3 is 29.9 Å². The lowest BCUT2D eigenvalue weighted by atomic mass is 9.89. The maximum atomic E-state index is 12.7. The fraction of sp³-hybridized carbons (Fsp3) is 0.409. The summed E-state index contributed by atoms with van der Waals surface area (Å²) < 4.78 is 11.8. The standard InChI is InChI=1S/C22H24O7/c23-14-9-17(25)15-11-20(29-22(27)12-4-2-1-3-5-12)21(28-19(15)10-14)13-6-7-16(24)18(26)8-13/h6-10,12,20-21,23-26H,1-5,11H2/t20-,21-/m1/s1. The van der Waals surface area contributed by atoms with Gasteiger partial charge in [-0.2, -0.15) is 0 Å². The van der Waals surface area contributed by atoms with Crippen LogP contribution >= 0.6 is 0 Å². The van der Waals surface area contributed by atoms with Crippen molar-refractivity contribution in [1.29, 1.82) is 0 Å². The molecule has 0 saturated heterocycles. The monoisotopic (exact) mass is 400 g/mol. The Morgan fingerprint density at radius 1 is 0.931 bits per heavy atom. The maximum Gasteiger partial charge on any atom is 0.309 e. The molecule has 0 spiro atoms. The summed E-state index contributed by atoms with van der Waals surface area (Å²) in [6, 6.07) is 6.88. The lowest BCUT2D eigenvalue weighted by molar-refractivity contribution is -0.161. The zero-order chi connectivity index (χ0) is 20.5. The predicted octanol–water partition coefficient (Wildman–Crippen LogP) is 3.68. The first-order chi connectivity index (χ1) is 13.9. The zero-order valence-electron chi connectivity index (χ0n) is 15.9. The Bertz CT molecular complexity index is 918. The highest BCUT2D eigenvalue weighted by atomic mass is 16.6. The molecule has 7 heteroatoms. The highest BCUT2D eigenvalue weighted by molar-refractivity contribution is 5.73. The van der Waals surface area contributed by atoms with Crippen LogP contribution in [-0.2, 0) is 16.0 Å². The van der Waals surface area contributed by atoms with E-state index in [-0.39, 0.29) is 47.1 Å². The van der Waals surface area contributed by atoms with Crippen molar-refractivity contribution in [2.24, 2.45) is 5.92 Å². The molecule has 1 fully saturated rings. The molecule has 1 aliphatic carbocycles. The second-order valence-electron chi connectivity index (χ2n) is 7.74. The minimum absolute atomic E-state index is 0.134. The van der Waals surface area contributed by atoms with E-state index in [2.05, 4.69) is 0 Å². The van der Waals surface area contributed by atoms with Crippen LogP contribution in [0.15, 0.2) is 30.3 Å². The zero-order valence-corrected chi connectivity index (χ0v) is 15.9. The number of esters is 1. The number of carbonyl (C=O) groups excluding carboxylic acids is 1. The van der Waals surface area contributed by atoms with Gasteiger partial charge >= 0.3 is 5.97 Å². The third kappa shape index (κ3) is 3.90. The van der Waals surface area contributed by atoms with Gasteiger partial charge in [-0.15, -0.1) is 0 Å². The molecule has 7 nitrogen and oxygen atoms in total. The molecule has 0 unspecified atom stereocenters.